The van der Waals surface area contributed by atoms with Crippen LogP contribution in [0.25, 0.3) is 5.70 Å². The second-order valence-corrected chi connectivity index (χ2v) is 5.71. The monoisotopic (exact) mass is 372 g/mol. The van der Waals surface area contributed by atoms with E-state index in [9.17, 15) is 18.0 Å². The number of benzene rings is 2. The molecule has 1 heterocycles. The molecule has 2 aromatic carbocycles. The highest BCUT2D eigenvalue weighted by Crippen LogP contribution is 2.33. The number of fused-ring (bicyclic) bond motifs is 1. The first kappa shape index (κ1) is 18.4. The summed E-state index contributed by atoms with van der Waals surface area (Å²) in [6.07, 6.45) is -0.202. The number of carbonyl (C=O) groups excluding carboxylic acids is 1. The molecule has 1 amide bonds. The second kappa shape index (κ2) is 7.49. The minimum atomic E-state index is -1.04. The lowest BCUT2D eigenvalue weighted by Gasteiger charge is -2.31. The molecule has 0 unspecified atom stereocenters. The molecule has 0 radical (unpaired) electrons. The number of nitrogens with two attached hydrogens (primary N) is 1. The van der Waals surface area contributed by atoms with Gasteiger partial charge < -0.3 is 5.73 Å². The van der Waals surface area contributed by atoms with Crippen LogP contribution in [0.5, 0.6) is 0 Å². The van der Waals surface area contributed by atoms with Crippen molar-refractivity contribution in [2.24, 2.45) is 10.7 Å². The zero-order chi connectivity index (χ0) is 19.6. The fourth-order valence-electron chi connectivity index (χ4n) is 2.67. The van der Waals surface area contributed by atoms with Gasteiger partial charge in [-0.25, -0.2) is 23.2 Å². The molecule has 0 aromatic heterocycles. The van der Waals surface area contributed by atoms with Crippen LogP contribution >= 0.6 is 0 Å². The van der Waals surface area contributed by atoms with Crippen molar-refractivity contribution < 1.29 is 18.0 Å². The van der Waals surface area contributed by atoms with Crippen LogP contribution < -0.4 is 11.2 Å². The van der Waals surface area contributed by atoms with Crippen LogP contribution in [0.1, 0.15) is 11.1 Å². The lowest BCUT2D eigenvalue weighted by atomic mass is 10.1. The molecule has 0 saturated heterocycles. The van der Waals surface area contributed by atoms with E-state index in [1.165, 1.54) is 29.3 Å². The van der Waals surface area contributed by atoms with Gasteiger partial charge in [-0.2, -0.15) is 0 Å². The molecule has 1 aliphatic rings. The van der Waals surface area contributed by atoms with Gasteiger partial charge in [-0.15, -0.1) is 5.73 Å². The van der Waals surface area contributed by atoms with Crippen LogP contribution in [-0.2, 0) is 11.2 Å². The van der Waals surface area contributed by atoms with Gasteiger partial charge in [0.1, 0.15) is 17.3 Å². The summed E-state index contributed by atoms with van der Waals surface area (Å²) in [5.74, 6) is -2.76. The molecule has 5 nitrogen and oxygen atoms in total. The highest BCUT2D eigenvalue weighted by atomic mass is 19.2. The summed E-state index contributed by atoms with van der Waals surface area (Å²) < 4.78 is 39.8. The largest absolute Gasteiger partial charge is 0.324 e. The number of nitrogens with zero attached hydrogens (tertiary/aromatic N) is 2. The molecule has 0 bridgehead atoms. The molecule has 0 atom stereocenters. The number of amides is 1. The van der Waals surface area contributed by atoms with E-state index in [1.54, 1.807) is 0 Å². The van der Waals surface area contributed by atoms with Gasteiger partial charge in [0.15, 0.2) is 11.6 Å². The van der Waals surface area contributed by atoms with Crippen LogP contribution in [0, 0.1) is 17.5 Å². The molecule has 2 aromatic rings. The molecule has 0 spiro atoms. The van der Waals surface area contributed by atoms with Crippen molar-refractivity contribution in [2.45, 2.75) is 6.42 Å². The van der Waals surface area contributed by atoms with E-state index in [0.29, 0.717) is 22.5 Å². The normalized spacial score (nSPS) is 13.0. The molecule has 1 aliphatic heterocycles. The maximum Gasteiger partial charge on any atom is 0.243 e. The molecule has 27 heavy (non-hydrogen) atoms. The second-order valence-electron chi connectivity index (χ2n) is 5.71. The lowest BCUT2D eigenvalue weighted by Crippen LogP contribution is -2.48. The average Bonchev–Trinajstić information content (AvgIpc) is 2.64. The molecular weight excluding hydrogens is 357 g/mol. The number of rotatable bonds is 4. The summed E-state index contributed by atoms with van der Waals surface area (Å²) in [6.45, 7) is 3.55. The Kier molecular flexibility index (Phi) is 5.12. The Morgan fingerprint density at radius 2 is 1.96 bits per heavy atom. The Morgan fingerprint density at radius 1 is 1.19 bits per heavy atom. The van der Waals surface area contributed by atoms with E-state index >= 15 is 0 Å². The van der Waals surface area contributed by atoms with E-state index in [4.69, 9.17) is 5.73 Å². The lowest BCUT2D eigenvalue weighted by molar-refractivity contribution is -0.122. The van der Waals surface area contributed by atoms with E-state index in [-0.39, 0.29) is 18.8 Å². The van der Waals surface area contributed by atoms with Crippen LogP contribution in [0.4, 0.5) is 18.9 Å². The number of halogens is 3. The van der Waals surface area contributed by atoms with Crippen molar-refractivity contribution in [3.8, 4) is 0 Å². The molecular formula is C19H15F3N4O. The number of hydrogen-bond acceptors (Lipinski definition) is 4. The number of hydrazine groups is 1. The third-order valence-corrected chi connectivity index (χ3v) is 3.88. The Bertz CT molecular complexity index is 996. The van der Waals surface area contributed by atoms with Crippen molar-refractivity contribution in [1.29, 1.82) is 0 Å². The summed E-state index contributed by atoms with van der Waals surface area (Å²) >= 11 is 0. The third kappa shape index (κ3) is 3.76. The predicted octanol–water partition coefficient (Wildman–Crippen LogP) is 2.81. The predicted molar refractivity (Wildman–Crippen MR) is 95.1 cm³/mol. The summed E-state index contributed by atoms with van der Waals surface area (Å²) in [5, 5.41) is 1.30. The van der Waals surface area contributed by atoms with E-state index < -0.39 is 23.4 Å². The van der Waals surface area contributed by atoms with Crippen LogP contribution in [-0.4, -0.2) is 23.3 Å². The third-order valence-electron chi connectivity index (χ3n) is 3.88. The number of aliphatic imine (C=N–C) groups is 1. The van der Waals surface area contributed by atoms with Gasteiger partial charge in [-0.3, -0.25) is 10.2 Å². The Hall–Kier alpha value is -3.35. The first-order valence-corrected chi connectivity index (χ1v) is 7.94. The zero-order valence-corrected chi connectivity index (χ0v) is 14.1. The topological polar surface area (TPSA) is 70.7 Å². The molecule has 8 heteroatoms. The van der Waals surface area contributed by atoms with Crippen LogP contribution in [0.2, 0.25) is 0 Å². The van der Waals surface area contributed by atoms with Gasteiger partial charge in [0.05, 0.1) is 18.7 Å². The van der Waals surface area contributed by atoms with E-state index in [1.807, 2.05) is 0 Å². The van der Waals surface area contributed by atoms with Gasteiger partial charge in [0.2, 0.25) is 5.91 Å². The van der Waals surface area contributed by atoms with Gasteiger partial charge in [0, 0.05) is 11.6 Å². The van der Waals surface area contributed by atoms with Crippen molar-refractivity contribution in [3.05, 3.63) is 77.3 Å². The molecule has 3 N–H and O–H groups in total. The van der Waals surface area contributed by atoms with Crippen LogP contribution in [0.15, 0.2) is 53.7 Å². The standard InChI is InChI=1S/C19H15F3N4O/c1-2-17-13-5-4-12(20)9-16(13)24-18(10-23)26(17)25-19(27)8-11-3-6-14(21)15(22)7-11/h3-7,9H,1,8,10,23H2,(H,25,27). The fraction of sp³-hybridized carbons (Fsp3) is 0.105. The summed E-state index contributed by atoms with van der Waals surface area (Å²) in [5.41, 5.74) is 12.5. The minimum Gasteiger partial charge on any atom is -0.324 e. The van der Waals surface area contributed by atoms with Gasteiger partial charge in [-0.1, -0.05) is 12.6 Å². The van der Waals surface area contributed by atoms with Crippen LogP contribution in [0.3, 0.4) is 0 Å². The van der Waals surface area contributed by atoms with Gasteiger partial charge in [-0.05, 0) is 29.8 Å². The molecule has 0 aliphatic carbocycles. The zero-order valence-electron chi connectivity index (χ0n) is 14.1. The fourth-order valence-corrected chi connectivity index (χ4v) is 2.67. The molecule has 138 valence electrons. The van der Waals surface area contributed by atoms with Gasteiger partial charge in [0.25, 0.3) is 0 Å². The van der Waals surface area contributed by atoms with Crippen molar-refractivity contribution in [3.63, 3.8) is 0 Å². The molecule has 0 fully saturated rings. The number of nitrogens with one attached hydrogen (secondary N) is 1. The molecule has 3 rings (SSSR count). The number of hydrogen-bond donors (Lipinski definition) is 2. The van der Waals surface area contributed by atoms with Crippen molar-refractivity contribution in [1.82, 2.24) is 10.4 Å². The molecule has 0 saturated carbocycles. The van der Waals surface area contributed by atoms with E-state index in [2.05, 4.69) is 22.7 Å². The minimum absolute atomic E-state index is 0.0490. The number of amidine groups is 1. The highest BCUT2D eigenvalue weighted by molar-refractivity contribution is 6.00. The number of carbonyl (C=O) groups is 1. The summed E-state index contributed by atoms with van der Waals surface area (Å²) in [6, 6.07) is 7.19. The first-order valence-electron chi connectivity index (χ1n) is 7.94. The maximum atomic E-state index is 13.5. The first-order chi connectivity index (χ1) is 12.9. The summed E-state index contributed by atoms with van der Waals surface area (Å²) in [4.78, 5) is 16.6. The smallest absolute Gasteiger partial charge is 0.243 e. The Morgan fingerprint density at radius 3 is 2.63 bits per heavy atom. The van der Waals surface area contributed by atoms with Crippen molar-refractivity contribution in [2.75, 3.05) is 6.54 Å². The maximum absolute atomic E-state index is 13.5. The summed E-state index contributed by atoms with van der Waals surface area (Å²) in [7, 11) is 0. The van der Waals surface area contributed by atoms with E-state index in [0.717, 1.165) is 12.1 Å². The average molecular weight is 372 g/mol. The Labute approximate surface area is 153 Å². The van der Waals surface area contributed by atoms with Gasteiger partial charge >= 0.3 is 0 Å². The van der Waals surface area contributed by atoms with Crippen molar-refractivity contribution >= 4 is 23.1 Å². The highest BCUT2D eigenvalue weighted by Gasteiger charge is 2.26. The quantitative estimate of drug-likeness (QED) is 0.811. The SMILES string of the molecule is C=C=C1c2ccc(F)cc2N=C(CN)N1NC(=O)Cc1ccc(F)c(F)c1. The Balaban J connectivity index is 1.86.